The van der Waals surface area contributed by atoms with E-state index in [2.05, 4.69) is 193 Å². The van der Waals surface area contributed by atoms with Gasteiger partial charge in [0.25, 0.3) is 0 Å². The lowest BCUT2D eigenvalue weighted by atomic mass is 9.85. The van der Waals surface area contributed by atoms with Crippen LogP contribution in [-0.4, -0.2) is 10.6 Å². The number of rotatable bonds is 8. The van der Waals surface area contributed by atoms with Gasteiger partial charge in [-0.3, -0.25) is 0 Å². The minimum Gasteiger partial charge on any atom is -0.399 e. The van der Waals surface area contributed by atoms with Crippen molar-refractivity contribution in [3.05, 3.63) is 217 Å². The summed E-state index contributed by atoms with van der Waals surface area (Å²) in [7, 11) is 0. The molecular formula is C50H41N3. The number of hydrogen-bond donors (Lipinski definition) is 1. The molecule has 9 rings (SSSR count). The van der Waals surface area contributed by atoms with Gasteiger partial charge in [-0.1, -0.05) is 127 Å². The van der Waals surface area contributed by atoms with E-state index in [-0.39, 0.29) is 12.0 Å². The van der Waals surface area contributed by atoms with Gasteiger partial charge in [-0.15, -0.1) is 0 Å². The molecule has 2 heterocycles. The summed E-state index contributed by atoms with van der Waals surface area (Å²) in [6.45, 7) is 6.48. The molecule has 0 saturated heterocycles. The number of aromatic nitrogens is 1. The van der Waals surface area contributed by atoms with Crippen LogP contribution in [0.2, 0.25) is 0 Å². The molecule has 0 fully saturated rings. The van der Waals surface area contributed by atoms with Crippen LogP contribution in [0, 0.1) is 12.8 Å². The lowest BCUT2D eigenvalue weighted by Crippen LogP contribution is -2.32. The van der Waals surface area contributed by atoms with Crippen molar-refractivity contribution >= 4 is 38.8 Å². The molecule has 2 N–H and O–H groups in total. The first-order chi connectivity index (χ1) is 26.1. The maximum atomic E-state index is 6.04. The van der Waals surface area contributed by atoms with E-state index >= 15 is 0 Å². The average molecular weight is 684 g/mol. The van der Waals surface area contributed by atoms with Gasteiger partial charge < -0.3 is 15.2 Å². The lowest BCUT2D eigenvalue weighted by molar-refractivity contribution is 0.687. The second-order valence-electron chi connectivity index (χ2n) is 14.1. The molecule has 0 radical (unpaired) electrons. The van der Waals surface area contributed by atoms with Crippen molar-refractivity contribution in [3.8, 4) is 16.8 Å². The van der Waals surface area contributed by atoms with Gasteiger partial charge in [-0.25, -0.2) is 0 Å². The number of allylic oxidation sites excluding steroid dienone is 5. The number of nitrogens with zero attached hydrogens (tertiary/aromatic N) is 2. The highest BCUT2D eigenvalue weighted by atomic mass is 15.2. The highest BCUT2D eigenvalue weighted by Crippen LogP contribution is 2.45. The van der Waals surface area contributed by atoms with Gasteiger partial charge in [0, 0.05) is 39.4 Å². The lowest BCUT2D eigenvalue weighted by Gasteiger charge is -2.31. The summed E-state index contributed by atoms with van der Waals surface area (Å²) >= 11 is 0. The molecule has 0 amide bonds. The fourth-order valence-corrected chi connectivity index (χ4v) is 8.11. The van der Waals surface area contributed by atoms with Crippen molar-refractivity contribution in [1.82, 2.24) is 4.57 Å². The number of nitrogens with two attached hydrogens (primary N) is 1. The summed E-state index contributed by atoms with van der Waals surface area (Å²) in [5, 5.41) is 2.45. The second-order valence-corrected chi connectivity index (χ2v) is 14.1. The Kier molecular flexibility index (Phi) is 8.25. The van der Waals surface area contributed by atoms with E-state index in [0.717, 1.165) is 23.4 Å². The van der Waals surface area contributed by atoms with Crippen LogP contribution < -0.4 is 10.6 Å². The number of anilines is 2. The Morgan fingerprint density at radius 2 is 1.30 bits per heavy atom. The Hall–Kier alpha value is -6.58. The highest BCUT2D eigenvalue weighted by molar-refractivity contribution is 6.11. The molecular weight excluding hydrogens is 643 g/mol. The van der Waals surface area contributed by atoms with Crippen LogP contribution in [0.3, 0.4) is 0 Å². The van der Waals surface area contributed by atoms with Crippen molar-refractivity contribution in [2.45, 2.75) is 19.4 Å². The molecule has 1 aromatic heterocycles. The van der Waals surface area contributed by atoms with Crippen LogP contribution in [0.1, 0.15) is 16.7 Å². The average Bonchev–Trinajstić information content (AvgIpc) is 3.70. The van der Waals surface area contributed by atoms with Crippen LogP contribution >= 0.6 is 0 Å². The van der Waals surface area contributed by atoms with Gasteiger partial charge in [0.1, 0.15) is 0 Å². The standard InChI is InChI=1S/C50H41N3/c1-3-43-44-32-38(24-29-48(44)52(41-12-6-4-7-13-41)47(43)16-10-11-35-19-17-34(2)18-20-35)39-25-30-50-46(33-39)45-31-37(36-21-26-40(51)27-22-36)23-28-49(45)53(50)42-14-8-5-9-15-42/h3-10,12-33,44,48H,1,11,51H2,2H3/b16-10-. The zero-order chi connectivity index (χ0) is 35.9. The number of nitrogen functional groups attached to an aromatic ring is 1. The molecule has 0 saturated carbocycles. The van der Waals surface area contributed by atoms with Gasteiger partial charge >= 0.3 is 0 Å². The molecule has 3 nitrogen and oxygen atoms in total. The first-order valence-corrected chi connectivity index (χ1v) is 18.4. The Morgan fingerprint density at radius 3 is 1.98 bits per heavy atom. The number of para-hydroxylation sites is 2. The van der Waals surface area contributed by atoms with Crippen LogP contribution in [0.15, 0.2) is 200 Å². The molecule has 1 aliphatic heterocycles. The number of hydrogen-bond acceptors (Lipinski definition) is 2. The number of fused-ring (bicyclic) bond motifs is 4. The maximum Gasteiger partial charge on any atom is 0.0630 e. The van der Waals surface area contributed by atoms with Crippen LogP contribution in [0.4, 0.5) is 11.4 Å². The minimum atomic E-state index is 0.152. The quantitative estimate of drug-likeness (QED) is 0.162. The van der Waals surface area contributed by atoms with Gasteiger partial charge in [0.05, 0.1) is 17.1 Å². The predicted octanol–water partition coefficient (Wildman–Crippen LogP) is 12.0. The van der Waals surface area contributed by atoms with E-state index in [4.69, 9.17) is 5.73 Å². The maximum absolute atomic E-state index is 6.04. The summed E-state index contributed by atoms with van der Waals surface area (Å²) in [4.78, 5) is 2.48. The predicted molar refractivity (Wildman–Crippen MR) is 225 cm³/mol. The molecule has 2 atom stereocenters. The van der Waals surface area contributed by atoms with Crippen molar-refractivity contribution in [2.24, 2.45) is 5.92 Å². The van der Waals surface area contributed by atoms with Crippen LogP contribution in [-0.2, 0) is 6.42 Å². The monoisotopic (exact) mass is 683 g/mol. The zero-order valence-electron chi connectivity index (χ0n) is 29.9. The molecule has 7 aromatic rings. The third-order valence-electron chi connectivity index (χ3n) is 10.8. The molecule has 3 heteroatoms. The molecule has 0 bridgehead atoms. The van der Waals surface area contributed by atoms with E-state index in [1.807, 2.05) is 12.1 Å². The van der Waals surface area contributed by atoms with Gasteiger partial charge in [-0.2, -0.15) is 0 Å². The first-order valence-electron chi connectivity index (χ1n) is 18.4. The first kappa shape index (κ1) is 32.3. The van der Waals surface area contributed by atoms with Gasteiger partial charge in [0.2, 0.25) is 0 Å². The Labute approximate surface area is 311 Å². The topological polar surface area (TPSA) is 34.2 Å². The molecule has 0 spiro atoms. The number of aryl methyl sites for hydroxylation is 1. The summed E-state index contributed by atoms with van der Waals surface area (Å²) in [6.07, 6.45) is 14.7. The minimum absolute atomic E-state index is 0.152. The van der Waals surface area contributed by atoms with E-state index in [9.17, 15) is 0 Å². The molecule has 256 valence electrons. The van der Waals surface area contributed by atoms with Crippen molar-refractivity contribution in [3.63, 3.8) is 0 Å². The summed E-state index contributed by atoms with van der Waals surface area (Å²) in [5.74, 6) is 0.158. The van der Waals surface area contributed by atoms with E-state index < -0.39 is 0 Å². The fourth-order valence-electron chi connectivity index (χ4n) is 8.11. The Morgan fingerprint density at radius 1 is 0.679 bits per heavy atom. The van der Waals surface area contributed by atoms with Crippen LogP contribution in [0.25, 0.3) is 44.2 Å². The van der Waals surface area contributed by atoms with E-state index in [1.54, 1.807) is 0 Å². The summed E-state index contributed by atoms with van der Waals surface area (Å²) in [5.41, 5.74) is 21.3. The van der Waals surface area contributed by atoms with Crippen molar-refractivity contribution < 1.29 is 0 Å². The Bertz CT molecular complexity index is 2600. The van der Waals surface area contributed by atoms with Crippen LogP contribution in [0.5, 0.6) is 0 Å². The second kappa shape index (κ2) is 13.5. The van der Waals surface area contributed by atoms with Crippen molar-refractivity contribution in [2.75, 3.05) is 10.6 Å². The molecule has 2 aliphatic rings. The van der Waals surface area contributed by atoms with E-state index in [1.165, 1.54) is 66.6 Å². The zero-order valence-corrected chi connectivity index (χ0v) is 29.9. The smallest absolute Gasteiger partial charge is 0.0630 e. The largest absolute Gasteiger partial charge is 0.399 e. The Balaban J connectivity index is 1.15. The summed E-state index contributed by atoms with van der Waals surface area (Å²) < 4.78 is 2.38. The molecule has 53 heavy (non-hydrogen) atoms. The molecule has 6 aromatic carbocycles. The highest BCUT2D eigenvalue weighted by Gasteiger charge is 2.38. The van der Waals surface area contributed by atoms with Gasteiger partial charge in [0.15, 0.2) is 0 Å². The fraction of sp³-hybridized carbons (Fsp3) is 0.0800. The third-order valence-corrected chi connectivity index (χ3v) is 10.8. The van der Waals surface area contributed by atoms with E-state index in [0.29, 0.717) is 0 Å². The third kappa shape index (κ3) is 5.91. The van der Waals surface area contributed by atoms with Crippen molar-refractivity contribution in [1.29, 1.82) is 0 Å². The normalized spacial score (nSPS) is 16.8. The van der Waals surface area contributed by atoms with Gasteiger partial charge in [-0.05, 0) is 113 Å². The molecule has 2 unspecified atom stereocenters. The summed E-state index contributed by atoms with van der Waals surface area (Å²) in [6, 6.07) is 52.2. The molecule has 1 aliphatic carbocycles. The SMILES string of the molecule is C=CC1=C(/C=C\Cc2ccc(C)cc2)N(c2ccccc2)C2C=CC(c3ccc4c(c3)c3cc(-c5ccc(N)cc5)ccc3n4-c3ccccc3)=CC12. The number of benzene rings is 6.